The lowest BCUT2D eigenvalue weighted by Crippen LogP contribution is -2.36. The molecule has 112 valence electrons. The molecule has 5 nitrogen and oxygen atoms in total. The van der Waals surface area contributed by atoms with Crippen molar-refractivity contribution in [2.24, 2.45) is 0 Å². The zero-order valence-electron chi connectivity index (χ0n) is 12.2. The molecule has 1 saturated heterocycles. The highest BCUT2D eigenvalue weighted by Gasteiger charge is 2.44. The number of rotatable bonds is 3. The fraction of sp³-hybridized carbons (Fsp3) is 0.412. The summed E-state index contributed by atoms with van der Waals surface area (Å²) >= 11 is 0. The summed E-state index contributed by atoms with van der Waals surface area (Å²) < 4.78 is 11.3. The van der Waals surface area contributed by atoms with Crippen molar-refractivity contribution in [3.63, 3.8) is 0 Å². The molecule has 2 atom stereocenters. The van der Waals surface area contributed by atoms with Crippen molar-refractivity contribution in [1.82, 2.24) is 4.98 Å². The summed E-state index contributed by atoms with van der Waals surface area (Å²) in [5.41, 5.74) is 1.72. The minimum absolute atomic E-state index is 0.296. The molecule has 0 unspecified atom stereocenters. The maximum atomic E-state index is 9.32. The topological polar surface area (TPSA) is 62.3 Å². The monoisotopic (exact) mass is 295 g/mol. The molecule has 0 amide bonds. The van der Waals surface area contributed by atoms with Gasteiger partial charge in [-0.1, -0.05) is 30.3 Å². The number of aromatic nitrogens is 1. The lowest BCUT2D eigenvalue weighted by Gasteiger charge is -2.26. The first-order chi connectivity index (χ1) is 10.9. The van der Waals surface area contributed by atoms with E-state index in [-0.39, 0.29) is 0 Å². The van der Waals surface area contributed by atoms with Gasteiger partial charge in [0.05, 0.1) is 13.2 Å². The number of nitrogens with zero attached hydrogens (tertiary/aromatic N) is 3. The summed E-state index contributed by atoms with van der Waals surface area (Å²) in [6.07, 6.45) is 1.04. The van der Waals surface area contributed by atoms with Crippen molar-refractivity contribution in [2.45, 2.75) is 18.3 Å². The van der Waals surface area contributed by atoms with Crippen LogP contribution in [0.25, 0.3) is 0 Å². The van der Waals surface area contributed by atoms with Crippen LogP contribution in [0, 0.1) is 11.3 Å². The molecule has 2 fully saturated rings. The molecule has 0 spiro atoms. The van der Waals surface area contributed by atoms with Crippen molar-refractivity contribution in [3.8, 4) is 6.07 Å². The fourth-order valence-corrected chi connectivity index (χ4v) is 3.08. The normalized spacial score (nSPS) is 24.0. The van der Waals surface area contributed by atoms with E-state index in [1.165, 1.54) is 5.56 Å². The van der Waals surface area contributed by atoms with Crippen molar-refractivity contribution in [2.75, 3.05) is 31.2 Å². The molecule has 1 saturated carbocycles. The third kappa shape index (κ3) is 2.36. The summed E-state index contributed by atoms with van der Waals surface area (Å²) in [6, 6.07) is 12.6. The summed E-state index contributed by atoms with van der Waals surface area (Å²) in [5.74, 6) is 2.07. The van der Waals surface area contributed by atoms with Crippen LogP contribution in [-0.4, -0.2) is 31.3 Å². The largest absolute Gasteiger partial charge is 0.423 e. The molecule has 2 aromatic rings. The molecular weight excluding hydrogens is 278 g/mol. The van der Waals surface area contributed by atoms with Gasteiger partial charge in [-0.25, -0.2) is 4.98 Å². The van der Waals surface area contributed by atoms with Gasteiger partial charge in [-0.15, -0.1) is 0 Å². The van der Waals surface area contributed by atoms with Crippen molar-refractivity contribution in [1.29, 1.82) is 5.26 Å². The Labute approximate surface area is 129 Å². The SMILES string of the molecule is N#Cc1nc([C@@H]2C[C@@H]2c2ccccc2)oc1N1CCOCC1. The Morgan fingerprint density at radius 2 is 1.91 bits per heavy atom. The average molecular weight is 295 g/mol. The molecule has 0 radical (unpaired) electrons. The number of hydrogen-bond donors (Lipinski definition) is 0. The second-order valence-corrected chi connectivity index (χ2v) is 5.78. The van der Waals surface area contributed by atoms with Crippen LogP contribution in [0.2, 0.25) is 0 Å². The van der Waals surface area contributed by atoms with Crippen LogP contribution in [0.1, 0.15) is 35.4 Å². The van der Waals surface area contributed by atoms with Crippen LogP contribution >= 0.6 is 0 Å². The summed E-state index contributed by atoms with van der Waals surface area (Å²) in [5, 5.41) is 9.32. The highest BCUT2D eigenvalue weighted by atomic mass is 16.5. The number of nitriles is 1. The van der Waals surface area contributed by atoms with Crippen molar-refractivity contribution in [3.05, 3.63) is 47.5 Å². The minimum atomic E-state index is 0.296. The second-order valence-electron chi connectivity index (χ2n) is 5.78. The van der Waals surface area contributed by atoms with E-state index in [1.807, 2.05) is 6.07 Å². The lowest BCUT2D eigenvalue weighted by atomic mass is 10.1. The fourth-order valence-electron chi connectivity index (χ4n) is 3.08. The second kappa shape index (κ2) is 5.47. The number of morpholine rings is 1. The first kappa shape index (κ1) is 13.4. The van der Waals surface area contributed by atoms with E-state index >= 15 is 0 Å². The average Bonchev–Trinajstić information content (AvgIpc) is 3.28. The van der Waals surface area contributed by atoms with E-state index in [9.17, 15) is 5.26 Å². The Morgan fingerprint density at radius 1 is 1.14 bits per heavy atom. The first-order valence-corrected chi connectivity index (χ1v) is 7.65. The quantitative estimate of drug-likeness (QED) is 0.871. The number of ether oxygens (including phenoxy) is 1. The maximum absolute atomic E-state index is 9.32. The van der Waals surface area contributed by atoms with Gasteiger partial charge in [0.25, 0.3) is 0 Å². The highest BCUT2D eigenvalue weighted by Crippen LogP contribution is 2.54. The molecule has 4 rings (SSSR count). The standard InChI is InChI=1S/C17H17N3O2/c18-11-15-17(20-6-8-21-9-7-20)22-16(19-15)14-10-13(14)12-4-2-1-3-5-12/h1-5,13-14H,6-10H2/t13-,14-/m1/s1. The molecule has 1 aromatic carbocycles. The van der Waals surface area contributed by atoms with Crippen molar-refractivity contribution < 1.29 is 9.15 Å². The molecule has 5 heteroatoms. The smallest absolute Gasteiger partial charge is 0.234 e. The van der Waals surface area contributed by atoms with Crippen LogP contribution in [0.4, 0.5) is 5.88 Å². The number of benzene rings is 1. The Balaban J connectivity index is 1.57. The van der Waals surface area contributed by atoms with E-state index in [4.69, 9.17) is 9.15 Å². The molecule has 0 N–H and O–H groups in total. The van der Waals surface area contributed by atoms with Crippen LogP contribution in [0.5, 0.6) is 0 Å². The molecule has 1 aliphatic carbocycles. The number of hydrogen-bond acceptors (Lipinski definition) is 5. The molecule has 2 aliphatic rings. The molecule has 1 aromatic heterocycles. The van der Waals surface area contributed by atoms with E-state index in [1.54, 1.807) is 0 Å². The van der Waals surface area contributed by atoms with Crippen LogP contribution < -0.4 is 4.90 Å². The summed E-state index contributed by atoms with van der Waals surface area (Å²) in [6.45, 7) is 2.82. The van der Waals surface area contributed by atoms with Gasteiger partial charge in [0.1, 0.15) is 6.07 Å². The zero-order valence-corrected chi connectivity index (χ0v) is 12.2. The molecule has 0 bridgehead atoms. The first-order valence-electron chi connectivity index (χ1n) is 7.65. The highest BCUT2D eigenvalue weighted by molar-refractivity contribution is 5.49. The van der Waals surface area contributed by atoms with Crippen LogP contribution in [-0.2, 0) is 4.74 Å². The molecule has 22 heavy (non-hydrogen) atoms. The number of anilines is 1. The van der Waals surface area contributed by atoms with Gasteiger partial charge in [0.15, 0.2) is 0 Å². The third-order valence-electron chi connectivity index (χ3n) is 4.37. The van der Waals surface area contributed by atoms with E-state index in [0.29, 0.717) is 42.5 Å². The van der Waals surface area contributed by atoms with Gasteiger partial charge in [0, 0.05) is 19.0 Å². The van der Waals surface area contributed by atoms with Gasteiger partial charge in [-0.3, -0.25) is 0 Å². The molecule has 1 aliphatic heterocycles. The van der Waals surface area contributed by atoms with E-state index in [0.717, 1.165) is 19.5 Å². The summed E-state index contributed by atoms with van der Waals surface area (Å²) in [7, 11) is 0. The van der Waals surface area contributed by atoms with Crippen LogP contribution in [0.15, 0.2) is 34.7 Å². The molecule has 2 heterocycles. The minimum Gasteiger partial charge on any atom is -0.423 e. The Bertz CT molecular complexity index is 698. The van der Waals surface area contributed by atoms with Crippen molar-refractivity contribution >= 4 is 5.88 Å². The maximum Gasteiger partial charge on any atom is 0.234 e. The van der Waals surface area contributed by atoms with E-state index < -0.39 is 0 Å². The van der Waals surface area contributed by atoms with Gasteiger partial charge < -0.3 is 14.1 Å². The lowest BCUT2D eigenvalue weighted by molar-refractivity contribution is 0.120. The van der Waals surface area contributed by atoms with Gasteiger partial charge >= 0.3 is 0 Å². The van der Waals surface area contributed by atoms with Gasteiger partial charge in [-0.2, -0.15) is 5.26 Å². The van der Waals surface area contributed by atoms with Crippen LogP contribution in [0.3, 0.4) is 0 Å². The predicted octanol–water partition coefficient (Wildman–Crippen LogP) is 2.65. The zero-order chi connectivity index (χ0) is 14.9. The van der Waals surface area contributed by atoms with E-state index in [2.05, 4.69) is 40.2 Å². The summed E-state index contributed by atoms with van der Waals surface area (Å²) in [4.78, 5) is 6.49. The van der Waals surface area contributed by atoms with Gasteiger partial charge in [0.2, 0.25) is 17.5 Å². The predicted molar refractivity (Wildman–Crippen MR) is 80.8 cm³/mol. The Morgan fingerprint density at radius 3 is 2.64 bits per heavy atom. The third-order valence-corrected chi connectivity index (χ3v) is 4.37. The van der Waals surface area contributed by atoms with Gasteiger partial charge in [-0.05, 0) is 17.9 Å². The number of oxazole rings is 1. The Kier molecular flexibility index (Phi) is 3.32. The Hall–Kier alpha value is -2.32. The molecular formula is C17H17N3O2.